The van der Waals surface area contributed by atoms with Crippen molar-refractivity contribution >= 4 is 35.3 Å². The Morgan fingerprint density at radius 1 is 1.11 bits per heavy atom. The molecule has 2 aromatic rings. The summed E-state index contributed by atoms with van der Waals surface area (Å²) in [7, 11) is 0. The largest absolute Gasteiger partial charge is 0.466 e. The van der Waals surface area contributed by atoms with Gasteiger partial charge in [-0.25, -0.2) is 19.0 Å². The van der Waals surface area contributed by atoms with E-state index in [1.807, 2.05) is 0 Å². The summed E-state index contributed by atoms with van der Waals surface area (Å²) in [5.74, 6) is -3.57. The van der Waals surface area contributed by atoms with Crippen LogP contribution in [0.3, 0.4) is 0 Å². The van der Waals surface area contributed by atoms with Crippen molar-refractivity contribution in [3.05, 3.63) is 58.2 Å². The Kier molecular flexibility index (Phi) is 10.2. The third kappa shape index (κ3) is 8.30. The number of halogens is 1. The average Bonchev–Trinajstić information content (AvgIpc) is 2.82. The maximum absolute atomic E-state index is 14.5. The first-order valence-corrected chi connectivity index (χ1v) is 10.7. The van der Waals surface area contributed by atoms with Gasteiger partial charge in [0.2, 0.25) is 0 Å². The molecule has 0 spiro atoms. The molecule has 192 valence electrons. The molecule has 1 atom stereocenters. The average molecular weight is 506 g/mol. The fraction of sp³-hybridized carbons (Fsp3) is 0.318. The number of nitrogens with one attached hydrogen (secondary N) is 2. The number of carbonyl (C=O) groups excluding carboxylic acids is 4. The highest BCUT2D eigenvalue weighted by molar-refractivity contribution is 5.96. The fourth-order valence-electron chi connectivity index (χ4n) is 2.77. The molecule has 0 aliphatic carbocycles. The molecule has 2 amide bonds. The van der Waals surface area contributed by atoms with Crippen LogP contribution in [0.15, 0.2) is 36.5 Å². The molecule has 13 nitrogen and oxygen atoms in total. The Hall–Kier alpha value is -4.62. The van der Waals surface area contributed by atoms with Gasteiger partial charge >= 0.3 is 18.0 Å². The molecular weight excluding hydrogens is 483 g/mol. The molecule has 0 unspecified atom stereocenters. The van der Waals surface area contributed by atoms with Crippen molar-refractivity contribution < 1.29 is 42.7 Å². The first-order valence-electron chi connectivity index (χ1n) is 10.7. The Bertz CT molecular complexity index is 1130. The van der Waals surface area contributed by atoms with Crippen molar-refractivity contribution in [2.75, 3.05) is 18.5 Å². The number of esters is 2. The number of pyridine rings is 1. The highest BCUT2D eigenvalue weighted by atomic mass is 19.1. The van der Waals surface area contributed by atoms with E-state index in [2.05, 4.69) is 15.6 Å². The van der Waals surface area contributed by atoms with Crippen LogP contribution in [0.4, 0.5) is 20.6 Å². The van der Waals surface area contributed by atoms with Crippen LogP contribution in [-0.4, -0.2) is 53.1 Å². The van der Waals surface area contributed by atoms with E-state index in [-0.39, 0.29) is 43.2 Å². The van der Waals surface area contributed by atoms with Gasteiger partial charge in [0, 0.05) is 24.6 Å². The van der Waals surface area contributed by atoms with Crippen molar-refractivity contribution in [3.8, 4) is 5.75 Å². The number of hydrogen-bond donors (Lipinski definition) is 2. The number of nitrogens with zero attached hydrogens (tertiary/aromatic N) is 2. The Morgan fingerprint density at radius 3 is 2.36 bits per heavy atom. The highest BCUT2D eigenvalue weighted by Crippen LogP contribution is 2.18. The lowest BCUT2D eigenvalue weighted by molar-refractivity contribution is -0.384. The zero-order valence-electron chi connectivity index (χ0n) is 19.3. The van der Waals surface area contributed by atoms with E-state index in [1.54, 1.807) is 13.8 Å². The number of nitro benzene ring substituents is 1. The predicted octanol–water partition coefficient (Wildman–Crippen LogP) is 2.74. The maximum Gasteiger partial charge on any atom is 0.417 e. The van der Waals surface area contributed by atoms with Crippen LogP contribution in [0.2, 0.25) is 0 Å². The van der Waals surface area contributed by atoms with Gasteiger partial charge in [0.25, 0.3) is 11.6 Å². The maximum atomic E-state index is 14.5. The first kappa shape index (κ1) is 27.6. The minimum Gasteiger partial charge on any atom is -0.466 e. The number of nitro groups is 1. The summed E-state index contributed by atoms with van der Waals surface area (Å²) in [5.41, 5.74) is -1.02. The van der Waals surface area contributed by atoms with Crippen LogP contribution in [0.1, 0.15) is 37.2 Å². The molecule has 0 aliphatic rings. The van der Waals surface area contributed by atoms with Crippen LogP contribution in [0, 0.1) is 15.9 Å². The second-order valence-corrected chi connectivity index (χ2v) is 6.94. The van der Waals surface area contributed by atoms with E-state index in [1.165, 1.54) is 12.1 Å². The van der Waals surface area contributed by atoms with Crippen molar-refractivity contribution in [2.45, 2.75) is 32.7 Å². The van der Waals surface area contributed by atoms with Gasteiger partial charge in [-0.1, -0.05) is 0 Å². The quantitative estimate of drug-likeness (QED) is 0.262. The van der Waals surface area contributed by atoms with E-state index in [0.717, 1.165) is 24.4 Å². The lowest BCUT2D eigenvalue weighted by Crippen LogP contribution is -2.42. The first-order chi connectivity index (χ1) is 17.1. The number of amides is 2. The smallest absolute Gasteiger partial charge is 0.417 e. The molecule has 0 bridgehead atoms. The summed E-state index contributed by atoms with van der Waals surface area (Å²) in [6, 6.07) is 4.22. The topological polar surface area (TPSA) is 176 Å². The normalized spacial score (nSPS) is 11.1. The van der Waals surface area contributed by atoms with Gasteiger partial charge in [-0.3, -0.25) is 25.0 Å². The molecular formula is C22H23FN4O9. The number of hydrogen-bond acceptors (Lipinski definition) is 10. The molecule has 0 aliphatic heterocycles. The molecule has 1 aromatic carbocycles. The van der Waals surface area contributed by atoms with Crippen molar-refractivity contribution in [2.24, 2.45) is 0 Å². The monoisotopic (exact) mass is 506 g/mol. The summed E-state index contributed by atoms with van der Waals surface area (Å²) >= 11 is 0. The minimum atomic E-state index is -1.25. The van der Waals surface area contributed by atoms with Crippen LogP contribution >= 0.6 is 0 Å². The van der Waals surface area contributed by atoms with Crippen LogP contribution in [0.5, 0.6) is 5.75 Å². The highest BCUT2D eigenvalue weighted by Gasteiger charge is 2.26. The molecule has 1 aromatic heterocycles. The van der Waals surface area contributed by atoms with Gasteiger partial charge in [0.15, 0.2) is 11.5 Å². The number of carbonyl (C=O) groups is 4. The summed E-state index contributed by atoms with van der Waals surface area (Å²) in [5, 5.41) is 15.1. The number of non-ortho nitro benzene ring substituents is 1. The van der Waals surface area contributed by atoms with E-state index in [0.29, 0.717) is 0 Å². The molecule has 0 saturated heterocycles. The van der Waals surface area contributed by atoms with Crippen molar-refractivity contribution in [1.82, 2.24) is 10.3 Å². The van der Waals surface area contributed by atoms with Gasteiger partial charge in [-0.2, -0.15) is 0 Å². The third-order valence-electron chi connectivity index (χ3n) is 4.38. The van der Waals surface area contributed by atoms with Gasteiger partial charge in [-0.05, 0) is 32.4 Å². The van der Waals surface area contributed by atoms with Crippen LogP contribution in [-0.2, 0) is 19.1 Å². The van der Waals surface area contributed by atoms with Crippen molar-refractivity contribution in [1.29, 1.82) is 0 Å². The molecule has 0 fully saturated rings. The molecule has 14 heteroatoms. The molecule has 36 heavy (non-hydrogen) atoms. The zero-order valence-corrected chi connectivity index (χ0v) is 19.3. The number of rotatable bonds is 11. The minimum absolute atomic E-state index is 0.00430. The molecule has 2 rings (SSSR count). The Labute approximate surface area is 204 Å². The van der Waals surface area contributed by atoms with E-state index >= 15 is 0 Å². The van der Waals surface area contributed by atoms with Gasteiger partial charge in [0.05, 0.1) is 30.0 Å². The lowest BCUT2D eigenvalue weighted by Gasteiger charge is -2.17. The summed E-state index contributed by atoms with van der Waals surface area (Å²) in [4.78, 5) is 62.0. The molecule has 0 saturated carbocycles. The second-order valence-electron chi connectivity index (χ2n) is 6.94. The number of anilines is 1. The second kappa shape index (κ2) is 13.3. The van der Waals surface area contributed by atoms with Crippen LogP contribution < -0.4 is 15.4 Å². The molecule has 1 heterocycles. The Balaban J connectivity index is 2.03. The standard InChI is InChI=1S/C22H23FN4O9/c1-3-34-18(28)10-9-17(21(30)35-4-2)26-20(29)19-16(23)11-13(12-24-19)25-22(31)36-15-7-5-14(6-8-15)27(32)33/h5-8,11-12,17H,3-4,9-10H2,1-2H3,(H,25,31)(H,26,29)/t17-/m0/s1. The van der Waals surface area contributed by atoms with E-state index in [9.17, 15) is 33.7 Å². The van der Waals surface area contributed by atoms with Gasteiger partial charge in [0.1, 0.15) is 11.8 Å². The third-order valence-corrected chi connectivity index (χ3v) is 4.38. The summed E-state index contributed by atoms with van der Waals surface area (Å²) in [6.07, 6.45) is -0.386. The predicted molar refractivity (Wildman–Crippen MR) is 121 cm³/mol. The van der Waals surface area contributed by atoms with Gasteiger partial charge in [-0.15, -0.1) is 0 Å². The summed E-state index contributed by atoms with van der Waals surface area (Å²) in [6.45, 7) is 3.34. The van der Waals surface area contributed by atoms with Crippen molar-refractivity contribution in [3.63, 3.8) is 0 Å². The fourth-order valence-corrected chi connectivity index (χ4v) is 2.77. The molecule has 2 N–H and O–H groups in total. The van der Waals surface area contributed by atoms with E-state index in [4.69, 9.17) is 14.2 Å². The van der Waals surface area contributed by atoms with Gasteiger partial charge < -0.3 is 19.5 Å². The number of aromatic nitrogens is 1. The van der Waals surface area contributed by atoms with E-state index < -0.39 is 46.4 Å². The summed E-state index contributed by atoms with van der Waals surface area (Å²) < 4.78 is 29.2. The SMILES string of the molecule is CCOC(=O)CC[C@H](NC(=O)c1ncc(NC(=O)Oc2ccc([N+](=O)[O-])cc2)cc1F)C(=O)OCC. The molecule has 0 radical (unpaired) electrons. The number of ether oxygens (including phenoxy) is 3. The lowest BCUT2D eigenvalue weighted by atomic mass is 10.1. The Morgan fingerprint density at radius 2 is 1.78 bits per heavy atom. The zero-order chi connectivity index (χ0) is 26.7. The number of benzene rings is 1. The van der Waals surface area contributed by atoms with Crippen LogP contribution in [0.25, 0.3) is 0 Å².